The molecule has 0 heterocycles. The summed E-state index contributed by atoms with van der Waals surface area (Å²) >= 11 is 0. The Bertz CT molecular complexity index is 583. The Morgan fingerprint density at radius 2 is 1.65 bits per heavy atom. The van der Waals surface area contributed by atoms with Gasteiger partial charge in [-0.1, -0.05) is 48.0 Å². The van der Waals surface area contributed by atoms with Crippen LogP contribution in [0.15, 0.2) is 42.5 Å². The minimum absolute atomic E-state index is 0.437. The first kappa shape index (κ1) is 13.4. The first-order chi connectivity index (χ1) is 9.78. The van der Waals surface area contributed by atoms with E-state index in [1.54, 1.807) is 11.1 Å². The van der Waals surface area contributed by atoms with Crippen molar-refractivity contribution in [3.05, 3.63) is 70.3 Å². The maximum absolute atomic E-state index is 5.85. The highest BCUT2D eigenvalue weighted by molar-refractivity contribution is 5.41. The highest BCUT2D eigenvalue weighted by Crippen LogP contribution is 2.31. The zero-order valence-electron chi connectivity index (χ0n) is 12.2. The SMILES string of the molecule is Cc1ccc(C(CCN)c2ccc3c(c2)CCC3)cc1. The number of aryl methyl sites for hydroxylation is 3. The van der Waals surface area contributed by atoms with Gasteiger partial charge in [-0.3, -0.25) is 0 Å². The second-order valence-corrected chi connectivity index (χ2v) is 5.92. The van der Waals surface area contributed by atoms with Crippen LogP contribution < -0.4 is 5.73 Å². The van der Waals surface area contributed by atoms with Gasteiger partial charge in [-0.25, -0.2) is 0 Å². The van der Waals surface area contributed by atoms with Crippen LogP contribution in [0, 0.1) is 6.92 Å². The Morgan fingerprint density at radius 1 is 0.950 bits per heavy atom. The van der Waals surface area contributed by atoms with E-state index in [0.29, 0.717) is 5.92 Å². The average molecular weight is 265 g/mol. The smallest absolute Gasteiger partial charge is 0.0101 e. The molecule has 1 unspecified atom stereocenters. The van der Waals surface area contributed by atoms with E-state index < -0.39 is 0 Å². The van der Waals surface area contributed by atoms with Crippen LogP contribution in [0.1, 0.15) is 46.6 Å². The molecule has 20 heavy (non-hydrogen) atoms. The second-order valence-electron chi connectivity index (χ2n) is 5.92. The zero-order valence-corrected chi connectivity index (χ0v) is 12.2. The lowest BCUT2D eigenvalue weighted by atomic mass is 9.87. The van der Waals surface area contributed by atoms with Gasteiger partial charge in [0, 0.05) is 5.92 Å². The predicted octanol–water partition coefficient (Wildman–Crippen LogP) is 3.96. The highest BCUT2D eigenvalue weighted by Gasteiger charge is 2.17. The molecule has 0 aromatic heterocycles. The molecule has 0 bridgehead atoms. The standard InChI is InChI=1S/C19H23N/c1-14-5-7-16(8-6-14)19(11-12-20)18-10-9-15-3-2-4-17(15)13-18/h5-10,13,19H,2-4,11-12,20H2,1H3. The Morgan fingerprint density at radius 3 is 2.40 bits per heavy atom. The van der Waals surface area contributed by atoms with Crippen molar-refractivity contribution < 1.29 is 0 Å². The number of hydrogen-bond acceptors (Lipinski definition) is 1. The maximum Gasteiger partial charge on any atom is 0.0101 e. The first-order valence-corrected chi connectivity index (χ1v) is 7.66. The first-order valence-electron chi connectivity index (χ1n) is 7.66. The van der Waals surface area contributed by atoms with Crippen molar-refractivity contribution >= 4 is 0 Å². The summed E-state index contributed by atoms with van der Waals surface area (Å²) in [6, 6.07) is 16.0. The lowest BCUT2D eigenvalue weighted by Gasteiger charge is -2.18. The molecule has 0 saturated carbocycles. The molecule has 0 aliphatic heterocycles. The third kappa shape index (κ3) is 2.64. The summed E-state index contributed by atoms with van der Waals surface area (Å²) in [6.45, 7) is 2.87. The summed E-state index contributed by atoms with van der Waals surface area (Å²) in [7, 11) is 0. The highest BCUT2D eigenvalue weighted by atomic mass is 14.5. The van der Waals surface area contributed by atoms with Gasteiger partial charge in [-0.2, -0.15) is 0 Å². The number of rotatable bonds is 4. The fourth-order valence-corrected chi connectivity index (χ4v) is 3.30. The summed E-state index contributed by atoms with van der Waals surface area (Å²) in [6.07, 6.45) is 4.82. The zero-order chi connectivity index (χ0) is 13.9. The van der Waals surface area contributed by atoms with Gasteiger partial charge in [-0.05, 0) is 61.4 Å². The van der Waals surface area contributed by atoms with Crippen molar-refractivity contribution in [3.63, 3.8) is 0 Å². The molecule has 1 atom stereocenters. The van der Waals surface area contributed by atoms with Crippen LogP contribution in [0.4, 0.5) is 0 Å². The van der Waals surface area contributed by atoms with E-state index in [0.717, 1.165) is 13.0 Å². The molecular weight excluding hydrogens is 242 g/mol. The van der Waals surface area contributed by atoms with Crippen LogP contribution >= 0.6 is 0 Å². The Kier molecular flexibility index (Phi) is 3.88. The van der Waals surface area contributed by atoms with Gasteiger partial charge < -0.3 is 5.73 Å². The number of benzene rings is 2. The van der Waals surface area contributed by atoms with Crippen LogP contribution in [-0.2, 0) is 12.8 Å². The van der Waals surface area contributed by atoms with Gasteiger partial charge >= 0.3 is 0 Å². The molecular formula is C19H23N. The van der Waals surface area contributed by atoms with E-state index in [9.17, 15) is 0 Å². The predicted molar refractivity (Wildman–Crippen MR) is 85.2 cm³/mol. The molecule has 1 aliphatic carbocycles. The van der Waals surface area contributed by atoms with E-state index in [4.69, 9.17) is 5.73 Å². The number of nitrogens with two attached hydrogens (primary N) is 1. The summed E-state index contributed by atoms with van der Waals surface area (Å²) < 4.78 is 0. The van der Waals surface area contributed by atoms with E-state index in [2.05, 4.69) is 49.4 Å². The van der Waals surface area contributed by atoms with Gasteiger partial charge in [0.05, 0.1) is 0 Å². The Labute approximate surface area is 121 Å². The molecule has 2 aromatic carbocycles. The summed E-state index contributed by atoms with van der Waals surface area (Å²) in [5, 5.41) is 0. The normalized spacial score (nSPS) is 15.1. The van der Waals surface area contributed by atoms with Gasteiger partial charge in [0.15, 0.2) is 0 Å². The van der Waals surface area contributed by atoms with E-state index in [1.807, 2.05) is 0 Å². The molecule has 1 nitrogen and oxygen atoms in total. The van der Waals surface area contributed by atoms with Crippen LogP contribution in [-0.4, -0.2) is 6.54 Å². The Hall–Kier alpha value is -1.60. The van der Waals surface area contributed by atoms with E-state index in [1.165, 1.54) is 36.0 Å². The van der Waals surface area contributed by atoms with Crippen molar-refractivity contribution in [2.24, 2.45) is 5.73 Å². The molecule has 3 rings (SSSR count). The third-order valence-corrected chi connectivity index (χ3v) is 4.46. The molecule has 2 aromatic rings. The molecule has 2 N–H and O–H groups in total. The quantitative estimate of drug-likeness (QED) is 0.889. The molecule has 1 heteroatoms. The summed E-state index contributed by atoms with van der Waals surface area (Å²) in [5.41, 5.74) is 13.1. The fraction of sp³-hybridized carbons (Fsp3) is 0.368. The van der Waals surface area contributed by atoms with Crippen molar-refractivity contribution in [2.45, 2.75) is 38.5 Å². The molecule has 104 valence electrons. The van der Waals surface area contributed by atoms with E-state index in [-0.39, 0.29) is 0 Å². The molecule has 0 saturated heterocycles. The van der Waals surface area contributed by atoms with Crippen molar-refractivity contribution in [1.82, 2.24) is 0 Å². The van der Waals surface area contributed by atoms with Gasteiger partial charge in [0.1, 0.15) is 0 Å². The van der Waals surface area contributed by atoms with Gasteiger partial charge in [0.2, 0.25) is 0 Å². The van der Waals surface area contributed by atoms with Crippen molar-refractivity contribution in [3.8, 4) is 0 Å². The summed E-state index contributed by atoms with van der Waals surface area (Å²) in [4.78, 5) is 0. The van der Waals surface area contributed by atoms with Crippen LogP contribution in [0.2, 0.25) is 0 Å². The molecule has 0 radical (unpaired) electrons. The second kappa shape index (κ2) is 5.80. The van der Waals surface area contributed by atoms with Crippen molar-refractivity contribution in [1.29, 1.82) is 0 Å². The third-order valence-electron chi connectivity index (χ3n) is 4.46. The largest absolute Gasteiger partial charge is 0.330 e. The monoisotopic (exact) mass is 265 g/mol. The lowest BCUT2D eigenvalue weighted by molar-refractivity contribution is 0.725. The summed E-state index contributed by atoms with van der Waals surface area (Å²) in [5.74, 6) is 0.437. The maximum atomic E-state index is 5.85. The minimum atomic E-state index is 0.437. The van der Waals surface area contributed by atoms with Crippen LogP contribution in [0.5, 0.6) is 0 Å². The van der Waals surface area contributed by atoms with Crippen LogP contribution in [0.25, 0.3) is 0 Å². The average Bonchev–Trinajstić information content (AvgIpc) is 2.93. The van der Waals surface area contributed by atoms with Gasteiger partial charge in [-0.15, -0.1) is 0 Å². The molecule has 1 aliphatic rings. The number of hydrogen-bond donors (Lipinski definition) is 1. The van der Waals surface area contributed by atoms with E-state index >= 15 is 0 Å². The van der Waals surface area contributed by atoms with Gasteiger partial charge in [0.25, 0.3) is 0 Å². The molecule has 0 fully saturated rings. The minimum Gasteiger partial charge on any atom is -0.330 e. The Balaban J connectivity index is 1.95. The van der Waals surface area contributed by atoms with Crippen LogP contribution in [0.3, 0.4) is 0 Å². The van der Waals surface area contributed by atoms with Crippen molar-refractivity contribution in [2.75, 3.05) is 6.54 Å². The topological polar surface area (TPSA) is 26.0 Å². The fourth-order valence-electron chi connectivity index (χ4n) is 3.30. The molecule has 0 amide bonds. The molecule has 0 spiro atoms. The lowest BCUT2D eigenvalue weighted by Crippen LogP contribution is -2.09. The number of fused-ring (bicyclic) bond motifs is 1.